The summed E-state index contributed by atoms with van der Waals surface area (Å²) in [6.45, 7) is 0.0793. The molecule has 1 rings (SSSR count). The van der Waals surface area contributed by atoms with Crippen molar-refractivity contribution in [2.24, 2.45) is 0 Å². The number of sulfone groups is 1. The Balaban J connectivity index is 2.84. The van der Waals surface area contributed by atoms with Crippen molar-refractivity contribution in [3.8, 4) is 6.07 Å². The summed E-state index contributed by atoms with van der Waals surface area (Å²) in [4.78, 5) is 24.2. The molecule has 0 aliphatic rings. The monoisotopic (exact) mass is 371 g/mol. The van der Waals surface area contributed by atoms with Crippen molar-refractivity contribution in [3.63, 3.8) is 0 Å². The fourth-order valence-electron chi connectivity index (χ4n) is 1.84. The number of nitrogens with zero attached hydrogens (tertiary/aromatic N) is 1. The molecule has 0 saturated heterocycles. The molecule has 1 unspecified atom stereocenters. The zero-order valence-corrected chi connectivity index (χ0v) is 14.7. The molecule has 0 radical (unpaired) electrons. The van der Waals surface area contributed by atoms with Gasteiger partial charge in [-0.3, -0.25) is 9.59 Å². The second kappa shape index (κ2) is 9.25. The molecule has 9 heteroatoms. The normalized spacial score (nSPS) is 12.0. The van der Waals surface area contributed by atoms with Crippen molar-refractivity contribution in [2.45, 2.75) is 18.3 Å². The lowest BCUT2D eigenvalue weighted by Crippen LogP contribution is -2.50. The second-order valence-electron chi connectivity index (χ2n) is 5.15. The minimum absolute atomic E-state index is 0.0793. The maximum Gasteiger partial charge on any atom is 0.251 e. The molecule has 0 aliphatic carbocycles. The SMILES string of the molecule is CS(=O)(=O)CC(NC(=O)c1ccc(CCl)cc1)C(=O)NCCC#N. The number of amides is 2. The van der Waals surface area contributed by atoms with E-state index in [9.17, 15) is 18.0 Å². The molecule has 0 bridgehead atoms. The van der Waals surface area contributed by atoms with Crippen LogP contribution < -0.4 is 10.6 Å². The highest BCUT2D eigenvalue weighted by Gasteiger charge is 2.25. The molecule has 1 aromatic rings. The van der Waals surface area contributed by atoms with Crippen LogP contribution in [0.3, 0.4) is 0 Å². The molecular formula is C15H18ClN3O4S. The van der Waals surface area contributed by atoms with Gasteiger partial charge in [0.05, 0.1) is 18.2 Å². The number of alkyl halides is 1. The predicted molar refractivity (Wildman–Crippen MR) is 90.2 cm³/mol. The molecule has 2 N–H and O–H groups in total. The molecule has 0 heterocycles. The van der Waals surface area contributed by atoms with E-state index in [1.807, 2.05) is 6.07 Å². The van der Waals surface area contributed by atoms with Gasteiger partial charge in [-0.1, -0.05) is 12.1 Å². The summed E-state index contributed by atoms with van der Waals surface area (Å²) in [5, 5.41) is 13.3. The second-order valence-corrected chi connectivity index (χ2v) is 7.60. The summed E-state index contributed by atoms with van der Waals surface area (Å²) in [5.41, 5.74) is 1.11. The highest BCUT2D eigenvalue weighted by molar-refractivity contribution is 7.90. The lowest BCUT2D eigenvalue weighted by molar-refractivity contribution is -0.122. The van der Waals surface area contributed by atoms with Crippen LogP contribution in [-0.2, 0) is 20.5 Å². The zero-order valence-electron chi connectivity index (χ0n) is 13.1. The number of halogens is 1. The van der Waals surface area contributed by atoms with E-state index in [4.69, 9.17) is 16.9 Å². The van der Waals surface area contributed by atoms with Gasteiger partial charge in [-0.2, -0.15) is 5.26 Å². The molecule has 130 valence electrons. The van der Waals surface area contributed by atoms with Crippen molar-refractivity contribution in [1.29, 1.82) is 5.26 Å². The number of hydrogen-bond donors (Lipinski definition) is 2. The van der Waals surface area contributed by atoms with Crippen LogP contribution in [-0.4, -0.2) is 44.8 Å². The maximum atomic E-state index is 12.2. The summed E-state index contributed by atoms with van der Waals surface area (Å²) in [7, 11) is -3.50. The third kappa shape index (κ3) is 6.98. The van der Waals surface area contributed by atoms with E-state index in [0.29, 0.717) is 5.88 Å². The topological polar surface area (TPSA) is 116 Å². The third-order valence-electron chi connectivity index (χ3n) is 3.00. The smallest absolute Gasteiger partial charge is 0.251 e. The van der Waals surface area contributed by atoms with Gasteiger partial charge in [0.25, 0.3) is 5.91 Å². The van der Waals surface area contributed by atoms with Crippen LogP contribution in [0.1, 0.15) is 22.3 Å². The van der Waals surface area contributed by atoms with Gasteiger partial charge >= 0.3 is 0 Å². The average molecular weight is 372 g/mol. The molecule has 2 amide bonds. The van der Waals surface area contributed by atoms with Crippen LogP contribution in [0, 0.1) is 11.3 Å². The van der Waals surface area contributed by atoms with E-state index < -0.39 is 33.4 Å². The minimum atomic E-state index is -3.50. The quantitative estimate of drug-likeness (QED) is 0.512. The lowest BCUT2D eigenvalue weighted by Gasteiger charge is -2.17. The number of rotatable bonds is 8. The van der Waals surface area contributed by atoms with Crippen LogP contribution in [0.5, 0.6) is 0 Å². The lowest BCUT2D eigenvalue weighted by atomic mass is 10.1. The Hall–Kier alpha value is -2.11. The van der Waals surface area contributed by atoms with Crippen LogP contribution in [0.15, 0.2) is 24.3 Å². The van der Waals surface area contributed by atoms with Crippen LogP contribution in [0.4, 0.5) is 0 Å². The number of nitriles is 1. The summed E-state index contributed by atoms with van der Waals surface area (Å²) in [5.74, 6) is -1.45. The fraction of sp³-hybridized carbons (Fsp3) is 0.400. The first-order valence-corrected chi connectivity index (χ1v) is 9.64. The van der Waals surface area contributed by atoms with E-state index in [2.05, 4.69) is 10.6 Å². The molecule has 0 saturated carbocycles. The minimum Gasteiger partial charge on any atom is -0.353 e. The van der Waals surface area contributed by atoms with Crippen LogP contribution >= 0.6 is 11.6 Å². The van der Waals surface area contributed by atoms with Crippen LogP contribution in [0.2, 0.25) is 0 Å². The molecule has 0 spiro atoms. The summed E-state index contributed by atoms with van der Waals surface area (Å²) in [6.07, 6.45) is 1.06. The zero-order chi connectivity index (χ0) is 18.2. The Morgan fingerprint density at radius 1 is 1.29 bits per heavy atom. The number of carbonyl (C=O) groups is 2. The van der Waals surface area contributed by atoms with Gasteiger partial charge in [0.1, 0.15) is 15.9 Å². The van der Waals surface area contributed by atoms with Gasteiger partial charge in [-0.25, -0.2) is 8.42 Å². The van der Waals surface area contributed by atoms with Gasteiger partial charge in [-0.15, -0.1) is 11.6 Å². The van der Waals surface area contributed by atoms with Gasteiger partial charge in [0.15, 0.2) is 0 Å². The molecule has 7 nitrogen and oxygen atoms in total. The van der Waals surface area contributed by atoms with Crippen LogP contribution in [0.25, 0.3) is 0 Å². The van der Waals surface area contributed by atoms with Gasteiger partial charge in [0.2, 0.25) is 5.91 Å². The van der Waals surface area contributed by atoms with Gasteiger partial charge in [-0.05, 0) is 17.7 Å². The average Bonchev–Trinajstić information content (AvgIpc) is 2.53. The van der Waals surface area contributed by atoms with Gasteiger partial charge < -0.3 is 10.6 Å². The van der Waals surface area contributed by atoms with E-state index in [0.717, 1.165) is 11.8 Å². The predicted octanol–water partition coefficient (Wildman–Crippen LogP) is 0.598. The Bertz CT molecular complexity index is 726. The van der Waals surface area contributed by atoms with Crippen molar-refractivity contribution >= 4 is 33.3 Å². The fourth-order valence-corrected chi connectivity index (χ4v) is 2.86. The molecule has 1 aromatic carbocycles. The van der Waals surface area contributed by atoms with Crippen molar-refractivity contribution < 1.29 is 18.0 Å². The largest absolute Gasteiger partial charge is 0.353 e. The maximum absolute atomic E-state index is 12.2. The summed E-state index contributed by atoms with van der Waals surface area (Å²) >= 11 is 5.67. The van der Waals surface area contributed by atoms with Gasteiger partial charge in [0, 0.05) is 24.2 Å². The Morgan fingerprint density at radius 2 is 1.92 bits per heavy atom. The molecule has 0 fully saturated rings. The number of carbonyl (C=O) groups excluding carboxylic acids is 2. The van der Waals surface area contributed by atoms with E-state index in [1.54, 1.807) is 12.1 Å². The number of nitrogens with one attached hydrogen (secondary N) is 2. The number of benzene rings is 1. The van der Waals surface area contributed by atoms with E-state index in [1.165, 1.54) is 12.1 Å². The van der Waals surface area contributed by atoms with Crippen molar-refractivity contribution in [2.75, 3.05) is 18.6 Å². The molecule has 24 heavy (non-hydrogen) atoms. The van der Waals surface area contributed by atoms with E-state index in [-0.39, 0.29) is 18.5 Å². The van der Waals surface area contributed by atoms with Crippen molar-refractivity contribution in [1.82, 2.24) is 10.6 Å². The Labute approximate surface area is 145 Å². The molecule has 0 aromatic heterocycles. The molecular weight excluding hydrogens is 354 g/mol. The third-order valence-corrected chi connectivity index (χ3v) is 4.25. The van der Waals surface area contributed by atoms with E-state index >= 15 is 0 Å². The summed E-state index contributed by atoms with van der Waals surface area (Å²) < 4.78 is 23.0. The highest BCUT2D eigenvalue weighted by atomic mass is 35.5. The number of hydrogen-bond acceptors (Lipinski definition) is 5. The molecule has 0 aliphatic heterocycles. The first kappa shape index (κ1) is 19.9. The first-order chi connectivity index (χ1) is 11.3. The Kier molecular flexibility index (Phi) is 7.68. The molecule has 1 atom stereocenters. The highest BCUT2D eigenvalue weighted by Crippen LogP contribution is 2.07. The first-order valence-electron chi connectivity index (χ1n) is 7.05. The standard InChI is InChI=1S/C15H18ClN3O4S/c1-24(22,23)10-13(15(21)18-8-2-7-17)19-14(20)12-5-3-11(9-16)4-6-12/h3-6,13H,2,8-10H2,1H3,(H,18,21)(H,19,20). The Morgan fingerprint density at radius 3 is 2.42 bits per heavy atom. The van der Waals surface area contributed by atoms with Crippen molar-refractivity contribution in [3.05, 3.63) is 35.4 Å². The summed E-state index contributed by atoms with van der Waals surface area (Å²) in [6, 6.07) is 7.03.